The van der Waals surface area contributed by atoms with Crippen molar-refractivity contribution in [3.8, 4) is 0 Å². The Morgan fingerprint density at radius 3 is 1.45 bits per heavy atom. The first-order valence-corrected chi connectivity index (χ1v) is 4.16. The molecule has 0 amide bonds. The zero-order valence-electron chi connectivity index (χ0n) is 7.06. The molecule has 11 heavy (non-hydrogen) atoms. The summed E-state index contributed by atoms with van der Waals surface area (Å²) in [5.74, 6) is 0. The fourth-order valence-corrected chi connectivity index (χ4v) is 0.524. The molecule has 0 aromatic heterocycles. The van der Waals surface area contributed by atoms with Gasteiger partial charge in [0.15, 0.2) is 0 Å². The molecule has 0 unspecified atom stereocenters. The SMILES string of the molecule is CCCCOOCCCC.[NaH]. The summed E-state index contributed by atoms with van der Waals surface area (Å²) in [6.45, 7) is 5.74. The van der Waals surface area contributed by atoms with Crippen LogP contribution < -0.4 is 0 Å². The first kappa shape index (κ1) is 14.4. The van der Waals surface area contributed by atoms with E-state index in [4.69, 9.17) is 9.78 Å². The van der Waals surface area contributed by atoms with Crippen LogP contribution in [0, 0.1) is 0 Å². The average molecular weight is 170 g/mol. The van der Waals surface area contributed by atoms with Crippen molar-refractivity contribution < 1.29 is 9.78 Å². The van der Waals surface area contributed by atoms with Crippen LogP contribution >= 0.6 is 0 Å². The summed E-state index contributed by atoms with van der Waals surface area (Å²) in [4.78, 5) is 9.75. The van der Waals surface area contributed by atoms with Crippen LogP contribution in [0.15, 0.2) is 0 Å². The van der Waals surface area contributed by atoms with Crippen LogP contribution in [0.3, 0.4) is 0 Å². The van der Waals surface area contributed by atoms with Crippen molar-refractivity contribution >= 4 is 29.6 Å². The van der Waals surface area contributed by atoms with E-state index >= 15 is 0 Å². The van der Waals surface area contributed by atoms with E-state index < -0.39 is 0 Å². The van der Waals surface area contributed by atoms with E-state index in [0.29, 0.717) is 0 Å². The molecule has 2 nitrogen and oxygen atoms in total. The Balaban J connectivity index is 0. The summed E-state index contributed by atoms with van der Waals surface area (Å²) < 4.78 is 0. The van der Waals surface area contributed by atoms with E-state index in [1.807, 2.05) is 0 Å². The summed E-state index contributed by atoms with van der Waals surface area (Å²) >= 11 is 0. The normalized spacial score (nSPS) is 9.27. The molecule has 0 aromatic rings. The fourth-order valence-electron chi connectivity index (χ4n) is 0.524. The van der Waals surface area contributed by atoms with Gasteiger partial charge in [-0.1, -0.05) is 26.7 Å². The Hall–Kier alpha value is 0.920. The number of rotatable bonds is 7. The van der Waals surface area contributed by atoms with Crippen LogP contribution in [0.1, 0.15) is 39.5 Å². The quantitative estimate of drug-likeness (QED) is 0.251. The Kier molecular flexibility index (Phi) is 17.7. The van der Waals surface area contributed by atoms with Gasteiger partial charge in [0.05, 0.1) is 13.2 Å². The Morgan fingerprint density at radius 1 is 0.818 bits per heavy atom. The maximum atomic E-state index is 4.88. The standard InChI is InChI=1S/C8H18O2.Na.H/c1-3-5-7-9-10-8-6-4-2;;/h3-8H2,1-2H3;;. The van der Waals surface area contributed by atoms with Crippen LogP contribution in [-0.4, -0.2) is 42.8 Å². The van der Waals surface area contributed by atoms with Gasteiger partial charge in [0.1, 0.15) is 0 Å². The molecule has 0 spiro atoms. The molecule has 0 fully saturated rings. The molecule has 0 rings (SSSR count). The average Bonchev–Trinajstić information content (AvgIpc) is 1.97. The first-order valence-electron chi connectivity index (χ1n) is 4.16. The zero-order chi connectivity index (χ0) is 7.66. The van der Waals surface area contributed by atoms with Crippen LogP contribution in [0.2, 0.25) is 0 Å². The van der Waals surface area contributed by atoms with E-state index in [9.17, 15) is 0 Å². The third kappa shape index (κ3) is 13.9. The van der Waals surface area contributed by atoms with Gasteiger partial charge in [-0.05, 0) is 12.8 Å². The molecule has 3 heteroatoms. The number of hydrogen-bond acceptors (Lipinski definition) is 2. The molecular formula is C8H19NaO2. The molecule has 0 aliphatic heterocycles. The van der Waals surface area contributed by atoms with Crippen molar-refractivity contribution in [2.45, 2.75) is 39.5 Å². The van der Waals surface area contributed by atoms with E-state index in [1.165, 1.54) is 0 Å². The van der Waals surface area contributed by atoms with Crippen molar-refractivity contribution in [3.63, 3.8) is 0 Å². The predicted molar refractivity (Wildman–Crippen MR) is 48.9 cm³/mol. The Labute approximate surface area is 91.9 Å². The van der Waals surface area contributed by atoms with Crippen molar-refractivity contribution in [1.29, 1.82) is 0 Å². The predicted octanol–water partition coefficient (Wildman–Crippen LogP) is 1.89. The summed E-state index contributed by atoms with van der Waals surface area (Å²) in [6, 6.07) is 0. The van der Waals surface area contributed by atoms with Crippen molar-refractivity contribution in [2.24, 2.45) is 0 Å². The molecule has 0 bridgehead atoms. The zero-order valence-corrected chi connectivity index (χ0v) is 7.06. The summed E-state index contributed by atoms with van der Waals surface area (Å²) in [5, 5.41) is 0. The molecule has 0 aliphatic rings. The van der Waals surface area contributed by atoms with E-state index in [-0.39, 0.29) is 29.6 Å². The van der Waals surface area contributed by atoms with E-state index in [2.05, 4.69) is 13.8 Å². The van der Waals surface area contributed by atoms with Crippen LogP contribution in [0.4, 0.5) is 0 Å². The first-order chi connectivity index (χ1) is 4.91. The van der Waals surface area contributed by atoms with E-state index in [0.717, 1.165) is 38.9 Å². The molecule has 0 heterocycles. The van der Waals surface area contributed by atoms with Crippen LogP contribution in [0.5, 0.6) is 0 Å². The molecule has 0 aliphatic carbocycles. The monoisotopic (exact) mass is 170 g/mol. The Bertz CT molecular complexity index is 52.1. The van der Waals surface area contributed by atoms with Crippen molar-refractivity contribution in [1.82, 2.24) is 0 Å². The summed E-state index contributed by atoms with van der Waals surface area (Å²) in [6.07, 6.45) is 4.51. The second kappa shape index (κ2) is 13.5. The molecule has 0 saturated heterocycles. The summed E-state index contributed by atoms with van der Waals surface area (Å²) in [7, 11) is 0. The van der Waals surface area contributed by atoms with Gasteiger partial charge in [0.25, 0.3) is 0 Å². The van der Waals surface area contributed by atoms with Crippen molar-refractivity contribution in [3.05, 3.63) is 0 Å². The van der Waals surface area contributed by atoms with Crippen LogP contribution in [-0.2, 0) is 9.78 Å². The molecule has 0 radical (unpaired) electrons. The topological polar surface area (TPSA) is 18.5 Å². The van der Waals surface area contributed by atoms with Gasteiger partial charge in [0, 0.05) is 0 Å². The second-order valence-corrected chi connectivity index (χ2v) is 2.35. The molecule has 0 aromatic carbocycles. The third-order valence-corrected chi connectivity index (χ3v) is 1.25. The molecule has 0 saturated carbocycles. The van der Waals surface area contributed by atoms with Crippen LogP contribution in [0.25, 0.3) is 0 Å². The maximum absolute atomic E-state index is 4.88. The van der Waals surface area contributed by atoms with Gasteiger partial charge < -0.3 is 0 Å². The molecule has 0 N–H and O–H groups in total. The fraction of sp³-hybridized carbons (Fsp3) is 1.00. The number of hydrogen-bond donors (Lipinski definition) is 0. The van der Waals surface area contributed by atoms with Gasteiger partial charge in [-0.2, -0.15) is 0 Å². The van der Waals surface area contributed by atoms with Gasteiger partial charge in [-0.25, -0.2) is 9.78 Å². The van der Waals surface area contributed by atoms with Gasteiger partial charge in [0.2, 0.25) is 0 Å². The van der Waals surface area contributed by atoms with Crippen molar-refractivity contribution in [2.75, 3.05) is 13.2 Å². The second-order valence-electron chi connectivity index (χ2n) is 2.35. The minimum absolute atomic E-state index is 0. The van der Waals surface area contributed by atoms with Gasteiger partial charge >= 0.3 is 29.6 Å². The molecule has 0 atom stereocenters. The van der Waals surface area contributed by atoms with Gasteiger partial charge in [-0.3, -0.25) is 0 Å². The number of unbranched alkanes of at least 4 members (excludes halogenated alkanes) is 2. The molecular weight excluding hydrogens is 151 g/mol. The van der Waals surface area contributed by atoms with Gasteiger partial charge in [-0.15, -0.1) is 0 Å². The molecule has 64 valence electrons. The van der Waals surface area contributed by atoms with E-state index in [1.54, 1.807) is 0 Å². The minimum atomic E-state index is 0. The third-order valence-electron chi connectivity index (χ3n) is 1.25. The summed E-state index contributed by atoms with van der Waals surface area (Å²) in [5.41, 5.74) is 0. The Morgan fingerprint density at radius 2 is 1.18 bits per heavy atom.